The predicted octanol–water partition coefficient (Wildman–Crippen LogP) is 3.70. The maximum Gasteiger partial charge on any atom is 0.238 e. The zero-order valence-corrected chi connectivity index (χ0v) is 14.9. The average Bonchev–Trinajstić information content (AvgIpc) is 2.93. The topological polar surface area (TPSA) is 62.6 Å². The molecule has 0 saturated heterocycles. The van der Waals surface area contributed by atoms with Crippen LogP contribution in [0, 0.1) is 6.92 Å². The van der Waals surface area contributed by atoms with E-state index in [0.717, 1.165) is 16.4 Å². The van der Waals surface area contributed by atoms with Crippen molar-refractivity contribution in [3.8, 4) is 0 Å². The Hall–Kier alpha value is -1.92. The Morgan fingerprint density at radius 1 is 1.38 bits per heavy atom. The van der Waals surface area contributed by atoms with Gasteiger partial charge in [0.25, 0.3) is 0 Å². The normalized spacial score (nSPS) is 16.5. The summed E-state index contributed by atoms with van der Waals surface area (Å²) in [4.78, 5) is 27.1. The van der Waals surface area contributed by atoms with Crippen LogP contribution in [-0.2, 0) is 16.1 Å². The summed E-state index contributed by atoms with van der Waals surface area (Å²) < 4.78 is 5.48. The van der Waals surface area contributed by atoms with E-state index in [1.54, 1.807) is 24.1 Å². The van der Waals surface area contributed by atoms with Gasteiger partial charge >= 0.3 is 0 Å². The number of carbonyl (C=O) groups excluding carboxylic acids is 2. The fourth-order valence-electron chi connectivity index (χ4n) is 2.46. The highest BCUT2D eigenvalue weighted by Gasteiger charge is 2.30. The summed E-state index contributed by atoms with van der Waals surface area (Å²) in [5, 5.41) is 2.93. The molecule has 1 aliphatic rings. The third-order valence-electron chi connectivity index (χ3n) is 3.74. The van der Waals surface area contributed by atoms with Gasteiger partial charge in [0, 0.05) is 23.4 Å². The molecule has 7 heteroatoms. The Bertz CT molecular complexity index is 790. The van der Waals surface area contributed by atoms with Crippen molar-refractivity contribution in [1.82, 2.24) is 4.90 Å². The van der Waals surface area contributed by atoms with Crippen LogP contribution in [0.3, 0.4) is 0 Å². The lowest BCUT2D eigenvalue weighted by atomic mass is 10.2. The molecule has 0 bridgehead atoms. The number of nitrogens with zero attached hydrogens (tertiary/aromatic N) is 1. The smallest absolute Gasteiger partial charge is 0.238 e. The summed E-state index contributed by atoms with van der Waals surface area (Å²) in [6.45, 7) is 2.25. The number of furan rings is 1. The molecule has 1 atom stereocenters. The number of hydrogen-bond donors (Lipinski definition) is 1. The van der Waals surface area contributed by atoms with Crippen LogP contribution in [0.15, 0.2) is 39.6 Å². The van der Waals surface area contributed by atoms with Crippen molar-refractivity contribution >= 4 is 40.9 Å². The van der Waals surface area contributed by atoms with Crippen LogP contribution in [0.2, 0.25) is 5.02 Å². The van der Waals surface area contributed by atoms with Crippen molar-refractivity contribution in [2.24, 2.45) is 0 Å². The predicted molar refractivity (Wildman–Crippen MR) is 94.3 cm³/mol. The zero-order valence-electron chi connectivity index (χ0n) is 13.3. The number of halogens is 1. The number of thioether (sulfide) groups is 1. The molecule has 2 aromatic rings. The van der Waals surface area contributed by atoms with Gasteiger partial charge in [-0.05, 0) is 37.3 Å². The van der Waals surface area contributed by atoms with Crippen LogP contribution in [-0.4, -0.2) is 29.0 Å². The van der Waals surface area contributed by atoms with Crippen molar-refractivity contribution in [2.75, 3.05) is 12.4 Å². The second-order valence-corrected chi connectivity index (χ2v) is 7.38. The molecule has 0 aliphatic carbocycles. The number of amides is 2. The number of anilines is 1. The zero-order chi connectivity index (χ0) is 17.3. The monoisotopic (exact) mass is 364 g/mol. The third kappa shape index (κ3) is 3.76. The lowest BCUT2D eigenvalue weighted by Gasteiger charge is -2.25. The maximum absolute atomic E-state index is 12.4. The molecule has 0 radical (unpaired) electrons. The largest absolute Gasteiger partial charge is 0.464 e. The van der Waals surface area contributed by atoms with Crippen molar-refractivity contribution < 1.29 is 14.0 Å². The molecule has 0 spiro atoms. The molecular weight excluding hydrogens is 348 g/mol. The highest BCUT2D eigenvalue weighted by atomic mass is 35.5. The first-order valence-electron chi connectivity index (χ1n) is 7.49. The summed E-state index contributed by atoms with van der Waals surface area (Å²) in [6, 6.07) is 9.05. The lowest BCUT2D eigenvalue weighted by Crippen LogP contribution is -2.35. The minimum Gasteiger partial charge on any atom is -0.464 e. The van der Waals surface area contributed by atoms with Crippen molar-refractivity contribution in [3.05, 3.63) is 46.9 Å². The van der Waals surface area contributed by atoms with Gasteiger partial charge in [-0.2, -0.15) is 0 Å². The number of hydrogen-bond acceptors (Lipinski definition) is 4. The number of benzene rings is 1. The maximum atomic E-state index is 12.4. The minimum atomic E-state index is -0.452. The highest BCUT2D eigenvalue weighted by molar-refractivity contribution is 8.01. The molecule has 0 fully saturated rings. The second-order valence-electron chi connectivity index (χ2n) is 5.70. The van der Waals surface area contributed by atoms with E-state index in [-0.39, 0.29) is 18.2 Å². The van der Waals surface area contributed by atoms with Crippen LogP contribution >= 0.6 is 23.4 Å². The summed E-state index contributed by atoms with van der Waals surface area (Å²) in [6.07, 6.45) is 0.134. The lowest BCUT2D eigenvalue weighted by molar-refractivity contribution is -0.132. The molecular formula is C17H17ClN2O3S. The minimum absolute atomic E-state index is 0.103. The van der Waals surface area contributed by atoms with Gasteiger partial charge in [-0.25, -0.2) is 0 Å². The van der Waals surface area contributed by atoms with Crippen molar-refractivity contribution in [2.45, 2.75) is 30.0 Å². The SMILES string of the molecule is Cc1ccc(CN(C)C(=O)CC2Sc3ccc(Cl)cc3NC2=O)o1. The van der Waals surface area contributed by atoms with Gasteiger partial charge in [-0.1, -0.05) is 11.6 Å². The Morgan fingerprint density at radius 2 is 2.17 bits per heavy atom. The number of carbonyl (C=O) groups is 2. The molecule has 1 unspecified atom stereocenters. The average molecular weight is 365 g/mol. The van der Waals surface area contributed by atoms with Crippen LogP contribution in [0.4, 0.5) is 5.69 Å². The van der Waals surface area contributed by atoms with Crippen molar-refractivity contribution in [1.29, 1.82) is 0 Å². The molecule has 3 rings (SSSR count). The first-order valence-corrected chi connectivity index (χ1v) is 8.74. The van der Waals surface area contributed by atoms with Crippen molar-refractivity contribution in [3.63, 3.8) is 0 Å². The number of rotatable bonds is 4. The van der Waals surface area contributed by atoms with E-state index in [1.165, 1.54) is 11.8 Å². The number of nitrogens with one attached hydrogen (secondary N) is 1. The van der Waals surface area contributed by atoms with Gasteiger partial charge in [0.05, 0.1) is 17.5 Å². The fraction of sp³-hybridized carbons (Fsp3) is 0.294. The van der Waals surface area contributed by atoms with Gasteiger partial charge in [0.1, 0.15) is 11.5 Å². The van der Waals surface area contributed by atoms with E-state index in [0.29, 0.717) is 17.3 Å². The van der Waals surface area contributed by atoms with E-state index in [9.17, 15) is 9.59 Å². The summed E-state index contributed by atoms with van der Waals surface area (Å²) in [5.41, 5.74) is 0.695. The molecule has 126 valence electrons. The first-order chi connectivity index (χ1) is 11.4. The van der Waals surface area contributed by atoms with Gasteiger partial charge in [-0.3, -0.25) is 9.59 Å². The van der Waals surface area contributed by atoms with Gasteiger partial charge in [-0.15, -0.1) is 11.8 Å². The molecule has 2 heterocycles. The Balaban J connectivity index is 1.63. The van der Waals surface area contributed by atoms with E-state index < -0.39 is 5.25 Å². The summed E-state index contributed by atoms with van der Waals surface area (Å²) in [7, 11) is 1.71. The molecule has 1 aromatic heterocycles. The van der Waals surface area contributed by atoms with Crippen LogP contribution in [0.5, 0.6) is 0 Å². The van der Waals surface area contributed by atoms with Gasteiger partial charge in [0.15, 0.2) is 0 Å². The van der Waals surface area contributed by atoms with E-state index >= 15 is 0 Å². The van der Waals surface area contributed by atoms with Crippen LogP contribution in [0.1, 0.15) is 17.9 Å². The molecule has 24 heavy (non-hydrogen) atoms. The number of aryl methyl sites for hydroxylation is 1. The molecule has 2 amide bonds. The Kier molecular flexibility index (Phi) is 4.87. The van der Waals surface area contributed by atoms with E-state index in [1.807, 2.05) is 25.1 Å². The first kappa shape index (κ1) is 16.9. The molecule has 1 N–H and O–H groups in total. The van der Waals surface area contributed by atoms with Crippen LogP contribution in [0.25, 0.3) is 0 Å². The third-order valence-corrected chi connectivity index (χ3v) is 5.25. The summed E-state index contributed by atoms with van der Waals surface area (Å²) in [5.74, 6) is 1.26. The standard InChI is InChI=1S/C17H17ClN2O3S/c1-10-3-5-12(23-10)9-20(2)16(21)8-15-17(22)19-13-7-11(18)4-6-14(13)24-15/h3-7,15H,8-9H2,1-2H3,(H,19,22). The molecule has 1 aromatic carbocycles. The van der Waals surface area contributed by atoms with Gasteiger partial charge in [0.2, 0.25) is 11.8 Å². The van der Waals surface area contributed by atoms with E-state index in [2.05, 4.69) is 5.32 Å². The molecule has 1 aliphatic heterocycles. The van der Waals surface area contributed by atoms with Crippen LogP contribution < -0.4 is 5.32 Å². The molecule has 5 nitrogen and oxygen atoms in total. The quantitative estimate of drug-likeness (QED) is 0.898. The van der Waals surface area contributed by atoms with E-state index in [4.69, 9.17) is 16.0 Å². The second kappa shape index (κ2) is 6.91. The summed E-state index contributed by atoms with van der Waals surface area (Å²) >= 11 is 7.32. The Morgan fingerprint density at radius 3 is 2.88 bits per heavy atom. The fourth-order valence-corrected chi connectivity index (χ4v) is 3.72. The van der Waals surface area contributed by atoms with Gasteiger partial charge < -0.3 is 14.6 Å². The Labute approximate surface area is 149 Å². The molecule has 0 saturated carbocycles. The number of fused-ring (bicyclic) bond motifs is 1. The highest BCUT2D eigenvalue weighted by Crippen LogP contribution is 2.38.